The number of benzene rings is 1. The third-order valence-corrected chi connectivity index (χ3v) is 6.98. The molecule has 2 aliphatic carbocycles. The van der Waals surface area contributed by atoms with E-state index in [9.17, 15) is 9.59 Å². The van der Waals surface area contributed by atoms with E-state index in [-0.39, 0.29) is 35.8 Å². The van der Waals surface area contributed by atoms with Crippen LogP contribution in [0.5, 0.6) is 5.75 Å². The molecule has 2 saturated carbocycles. The Morgan fingerprint density at radius 3 is 2.59 bits per heavy atom. The number of hydrogen-bond acceptors (Lipinski definition) is 5. The Labute approximate surface area is 191 Å². The van der Waals surface area contributed by atoms with Crippen molar-refractivity contribution < 1.29 is 19.1 Å². The van der Waals surface area contributed by atoms with Gasteiger partial charge in [-0.3, -0.25) is 14.5 Å². The van der Waals surface area contributed by atoms with Crippen molar-refractivity contribution in [2.45, 2.75) is 51.7 Å². The quantitative estimate of drug-likeness (QED) is 0.756. The summed E-state index contributed by atoms with van der Waals surface area (Å²) in [5.41, 5.74) is 1.19. The first-order chi connectivity index (χ1) is 15.4. The van der Waals surface area contributed by atoms with Crippen molar-refractivity contribution in [1.29, 1.82) is 0 Å². The topological polar surface area (TPSA) is 71.1 Å². The molecule has 1 aliphatic heterocycles. The summed E-state index contributed by atoms with van der Waals surface area (Å²) in [4.78, 5) is 29.7. The summed E-state index contributed by atoms with van der Waals surface area (Å²) in [7, 11) is 3.54. The van der Waals surface area contributed by atoms with Crippen molar-refractivity contribution in [2.24, 2.45) is 17.8 Å². The van der Waals surface area contributed by atoms with E-state index in [1.165, 1.54) is 12.8 Å². The summed E-state index contributed by atoms with van der Waals surface area (Å²) in [5, 5.41) is 2.97. The molecule has 0 aromatic heterocycles. The lowest BCUT2D eigenvalue weighted by Crippen LogP contribution is -2.47. The van der Waals surface area contributed by atoms with Crippen LogP contribution in [0.25, 0.3) is 0 Å². The number of hydrogen-bond donors (Lipinski definition) is 1. The largest absolute Gasteiger partial charge is 0.491 e. The van der Waals surface area contributed by atoms with Gasteiger partial charge in [0.25, 0.3) is 5.91 Å². The summed E-state index contributed by atoms with van der Waals surface area (Å²) >= 11 is 0. The van der Waals surface area contributed by atoms with Crippen LogP contribution in [0.3, 0.4) is 0 Å². The minimum absolute atomic E-state index is 0.0428. The molecular weight excluding hydrogens is 406 g/mol. The van der Waals surface area contributed by atoms with Gasteiger partial charge in [0.2, 0.25) is 5.91 Å². The number of fused-ring (bicyclic) bond motifs is 1. The highest BCUT2D eigenvalue weighted by Crippen LogP contribution is 2.33. The SMILES string of the molecule is CO[C@H]1CN(C)C(=O)c2ccc(NC(=O)C3CC3)cc2OC[C@@H](C)N(CC2CC2)C[C@H]1C. The van der Waals surface area contributed by atoms with Crippen LogP contribution in [-0.4, -0.2) is 74.2 Å². The van der Waals surface area contributed by atoms with E-state index in [0.717, 1.165) is 31.8 Å². The number of amides is 2. The molecule has 7 nitrogen and oxygen atoms in total. The fourth-order valence-electron chi connectivity index (χ4n) is 4.40. The van der Waals surface area contributed by atoms with Crippen LogP contribution in [0.15, 0.2) is 18.2 Å². The van der Waals surface area contributed by atoms with Gasteiger partial charge in [-0.1, -0.05) is 6.92 Å². The number of carbonyl (C=O) groups is 2. The minimum atomic E-state index is -0.0996. The van der Waals surface area contributed by atoms with Crippen LogP contribution in [0, 0.1) is 17.8 Å². The Morgan fingerprint density at radius 2 is 1.94 bits per heavy atom. The monoisotopic (exact) mass is 443 g/mol. The fourth-order valence-corrected chi connectivity index (χ4v) is 4.40. The van der Waals surface area contributed by atoms with Gasteiger partial charge >= 0.3 is 0 Å². The molecule has 0 unspecified atom stereocenters. The van der Waals surface area contributed by atoms with E-state index in [1.807, 2.05) is 7.05 Å². The predicted molar refractivity (Wildman–Crippen MR) is 124 cm³/mol. The van der Waals surface area contributed by atoms with Gasteiger partial charge in [-0.25, -0.2) is 0 Å². The molecule has 0 saturated heterocycles. The smallest absolute Gasteiger partial charge is 0.257 e. The molecular formula is C25H37N3O4. The first kappa shape index (κ1) is 23.1. The van der Waals surface area contributed by atoms with Crippen LogP contribution in [0.2, 0.25) is 0 Å². The van der Waals surface area contributed by atoms with Gasteiger partial charge in [0.05, 0.1) is 11.7 Å². The Bertz CT molecular complexity index is 836. The lowest BCUT2D eigenvalue weighted by molar-refractivity contribution is -0.117. The standard InChI is InChI=1S/C25H37N3O4/c1-16-12-28(13-18-5-6-18)17(2)15-32-22-11-20(26-24(29)19-7-8-19)9-10-21(22)25(30)27(3)14-23(16)31-4/h9-11,16-19,23H,5-8,12-15H2,1-4H3,(H,26,29)/t16-,17-,23+/m1/s1. The molecule has 1 N–H and O–H groups in total. The van der Waals surface area contributed by atoms with Gasteiger partial charge in [-0.05, 0) is 56.6 Å². The Hall–Kier alpha value is -2.12. The average molecular weight is 444 g/mol. The zero-order valence-corrected chi connectivity index (χ0v) is 19.8. The molecule has 4 rings (SSSR count). The molecule has 0 radical (unpaired) electrons. The third-order valence-electron chi connectivity index (χ3n) is 6.98. The Morgan fingerprint density at radius 1 is 1.19 bits per heavy atom. The summed E-state index contributed by atoms with van der Waals surface area (Å²) in [6, 6.07) is 5.56. The van der Waals surface area contributed by atoms with Crippen LogP contribution >= 0.6 is 0 Å². The number of nitrogens with one attached hydrogen (secondary N) is 1. The summed E-state index contributed by atoms with van der Waals surface area (Å²) in [6.45, 7) is 7.38. The molecule has 0 bridgehead atoms. The van der Waals surface area contributed by atoms with Gasteiger partial charge in [0, 0.05) is 57.5 Å². The molecule has 7 heteroatoms. The van der Waals surface area contributed by atoms with Crippen LogP contribution < -0.4 is 10.1 Å². The summed E-state index contributed by atoms with van der Waals surface area (Å²) in [6.07, 6.45) is 4.46. The first-order valence-electron chi connectivity index (χ1n) is 12.0. The second kappa shape index (κ2) is 9.79. The first-order valence-corrected chi connectivity index (χ1v) is 12.0. The van der Waals surface area contributed by atoms with Crippen LogP contribution in [0.1, 0.15) is 49.9 Å². The van der Waals surface area contributed by atoms with Crippen molar-refractivity contribution in [1.82, 2.24) is 9.80 Å². The maximum atomic E-state index is 13.3. The number of likely N-dealkylation sites (N-methyl/N-ethyl adjacent to an activating group) is 1. The highest BCUT2D eigenvalue weighted by molar-refractivity contribution is 5.99. The molecule has 1 heterocycles. The van der Waals surface area contributed by atoms with Gasteiger partial charge in [-0.15, -0.1) is 0 Å². The van der Waals surface area contributed by atoms with Gasteiger partial charge in [0.15, 0.2) is 0 Å². The molecule has 2 amide bonds. The number of anilines is 1. The lowest BCUT2D eigenvalue weighted by Gasteiger charge is -2.36. The van der Waals surface area contributed by atoms with E-state index >= 15 is 0 Å². The zero-order chi connectivity index (χ0) is 22.8. The lowest BCUT2D eigenvalue weighted by atomic mass is 10.0. The maximum Gasteiger partial charge on any atom is 0.257 e. The van der Waals surface area contributed by atoms with Gasteiger partial charge < -0.3 is 19.7 Å². The molecule has 1 aromatic rings. The average Bonchev–Trinajstić information content (AvgIpc) is 3.68. The van der Waals surface area contributed by atoms with E-state index in [2.05, 4.69) is 24.1 Å². The highest BCUT2D eigenvalue weighted by Gasteiger charge is 2.32. The van der Waals surface area contributed by atoms with Crippen LogP contribution in [0.4, 0.5) is 5.69 Å². The van der Waals surface area contributed by atoms with Crippen molar-refractivity contribution in [3.63, 3.8) is 0 Å². The van der Waals surface area contributed by atoms with Gasteiger partial charge in [-0.2, -0.15) is 0 Å². The third kappa shape index (κ3) is 5.62. The van der Waals surface area contributed by atoms with E-state index < -0.39 is 0 Å². The number of rotatable bonds is 5. The Kier molecular flexibility index (Phi) is 7.05. The van der Waals surface area contributed by atoms with Gasteiger partial charge in [0.1, 0.15) is 12.4 Å². The van der Waals surface area contributed by atoms with Crippen molar-refractivity contribution in [3.05, 3.63) is 23.8 Å². The molecule has 1 aromatic carbocycles. The van der Waals surface area contributed by atoms with Crippen molar-refractivity contribution >= 4 is 17.5 Å². The number of nitrogens with zero attached hydrogens (tertiary/aromatic N) is 2. The Balaban J connectivity index is 1.60. The second-order valence-electron chi connectivity index (χ2n) is 9.97. The summed E-state index contributed by atoms with van der Waals surface area (Å²) < 4.78 is 12.0. The van der Waals surface area contributed by atoms with Crippen molar-refractivity contribution in [3.8, 4) is 5.75 Å². The molecule has 176 valence electrons. The molecule has 3 aliphatic rings. The van der Waals surface area contributed by atoms with E-state index in [1.54, 1.807) is 30.2 Å². The maximum absolute atomic E-state index is 13.3. The highest BCUT2D eigenvalue weighted by atomic mass is 16.5. The predicted octanol–water partition coefficient (Wildman–Crippen LogP) is 3.25. The normalized spacial score (nSPS) is 27.7. The molecule has 0 spiro atoms. The second-order valence-corrected chi connectivity index (χ2v) is 9.97. The minimum Gasteiger partial charge on any atom is -0.491 e. The van der Waals surface area contributed by atoms with E-state index in [4.69, 9.17) is 9.47 Å². The zero-order valence-electron chi connectivity index (χ0n) is 19.8. The molecule has 3 atom stereocenters. The molecule has 2 fully saturated rings. The van der Waals surface area contributed by atoms with Crippen molar-refractivity contribution in [2.75, 3.05) is 45.7 Å². The summed E-state index contributed by atoms with van der Waals surface area (Å²) in [5.74, 6) is 1.65. The molecule has 32 heavy (non-hydrogen) atoms. The number of carbonyl (C=O) groups excluding carboxylic acids is 2. The number of methoxy groups -OCH3 is 1. The van der Waals surface area contributed by atoms with Crippen LogP contribution in [-0.2, 0) is 9.53 Å². The fraction of sp³-hybridized carbons (Fsp3) is 0.680. The van der Waals surface area contributed by atoms with E-state index in [0.29, 0.717) is 30.2 Å². The number of ether oxygens (including phenoxy) is 2.